The lowest BCUT2D eigenvalue weighted by Crippen LogP contribution is -2.48. The van der Waals surface area contributed by atoms with Gasteiger partial charge in [-0.2, -0.15) is 5.26 Å². The molecule has 118 valence electrons. The number of aromatic nitrogens is 2. The van der Waals surface area contributed by atoms with Gasteiger partial charge in [0.25, 0.3) is 0 Å². The first-order valence-electron chi connectivity index (χ1n) is 7.13. The maximum atomic E-state index is 12.0. The van der Waals surface area contributed by atoms with E-state index in [1.54, 1.807) is 32.0 Å². The Kier molecular flexibility index (Phi) is 5.74. The van der Waals surface area contributed by atoms with Crippen LogP contribution in [0.3, 0.4) is 0 Å². The monoisotopic (exact) mass is 303 g/mol. The average molecular weight is 303 g/mol. The third-order valence-electron chi connectivity index (χ3n) is 2.47. The molecule has 0 fully saturated rings. The Hall–Kier alpha value is -2.30. The summed E-state index contributed by atoms with van der Waals surface area (Å²) in [4.78, 5) is 20.1. The van der Waals surface area contributed by atoms with Crippen LogP contribution in [0.5, 0.6) is 0 Å². The molecule has 0 atom stereocenters. The SMILES string of the molecule is Bc1cnc(C#N)nc1N(CC(C)C)NC(=O)OC(C)(C)C. The lowest BCUT2D eigenvalue weighted by atomic mass is 9.98. The van der Waals surface area contributed by atoms with E-state index in [0.717, 1.165) is 5.46 Å². The normalized spacial score (nSPS) is 11.0. The second-order valence-electron chi connectivity index (χ2n) is 6.43. The van der Waals surface area contributed by atoms with Gasteiger partial charge >= 0.3 is 6.09 Å². The summed E-state index contributed by atoms with van der Waals surface area (Å²) in [6, 6.07) is 1.90. The molecule has 0 aromatic carbocycles. The van der Waals surface area contributed by atoms with Crippen LogP contribution in [0.25, 0.3) is 0 Å². The smallest absolute Gasteiger partial charge is 0.426 e. The highest BCUT2D eigenvalue weighted by molar-refractivity contribution is 6.35. The van der Waals surface area contributed by atoms with Gasteiger partial charge in [0.1, 0.15) is 25.3 Å². The molecule has 1 heterocycles. The summed E-state index contributed by atoms with van der Waals surface area (Å²) >= 11 is 0. The first-order valence-corrected chi connectivity index (χ1v) is 7.13. The number of carbonyl (C=O) groups is 1. The third kappa shape index (κ3) is 5.60. The minimum absolute atomic E-state index is 0.0559. The quantitative estimate of drug-likeness (QED) is 0.643. The molecule has 1 aromatic heterocycles. The number of hydrazine groups is 1. The van der Waals surface area contributed by atoms with Crippen LogP contribution in [0.2, 0.25) is 0 Å². The summed E-state index contributed by atoms with van der Waals surface area (Å²) in [5.74, 6) is 0.821. The first-order chi connectivity index (χ1) is 10.1. The molecule has 0 aliphatic rings. The van der Waals surface area contributed by atoms with E-state index in [9.17, 15) is 4.79 Å². The first kappa shape index (κ1) is 17.8. The van der Waals surface area contributed by atoms with Crippen molar-refractivity contribution in [2.24, 2.45) is 5.92 Å². The minimum Gasteiger partial charge on any atom is -0.443 e. The number of hydrogen-bond acceptors (Lipinski definition) is 6. The molecule has 0 aliphatic heterocycles. The summed E-state index contributed by atoms with van der Waals surface area (Å²) in [6.07, 6.45) is 0.995. The van der Waals surface area contributed by atoms with Gasteiger partial charge in [-0.15, -0.1) is 0 Å². The van der Waals surface area contributed by atoms with E-state index in [0.29, 0.717) is 12.4 Å². The van der Waals surface area contributed by atoms with Crippen LogP contribution >= 0.6 is 0 Å². The van der Waals surface area contributed by atoms with Crippen LogP contribution in [0.4, 0.5) is 10.6 Å². The minimum atomic E-state index is -0.591. The summed E-state index contributed by atoms with van der Waals surface area (Å²) < 4.78 is 5.27. The van der Waals surface area contributed by atoms with E-state index in [2.05, 4.69) is 15.4 Å². The van der Waals surface area contributed by atoms with Crippen LogP contribution < -0.4 is 15.9 Å². The van der Waals surface area contributed by atoms with Crippen molar-refractivity contribution in [2.45, 2.75) is 40.2 Å². The Labute approximate surface area is 132 Å². The van der Waals surface area contributed by atoms with Gasteiger partial charge in [0.05, 0.1) is 0 Å². The maximum Gasteiger partial charge on any atom is 0.426 e. The number of amides is 1. The van der Waals surface area contributed by atoms with Gasteiger partial charge in [0.2, 0.25) is 5.82 Å². The number of hydrogen-bond donors (Lipinski definition) is 1. The number of anilines is 1. The molecule has 1 amide bonds. The number of ether oxygens (including phenoxy) is 1. The highest BCUT2D eigenvalue weighted by Crippen LogP contribution is 2.10. The highest BCUT2D eigenvalue weighted by Gasteiger charge is 2.21. The Balaban J connectivity index is 3.03. The molecule has 0 saturated carbocycles. The number of carbonyl (C=O) groups excluding carboxylic acids is 1. The van der Waals surface area contributed by atoms with E-state index in [1.807, 2.05) is 27.8 Å². The Morgan fingerprint density at radius 3 is 2.68 bits per heavy atom. The molecule has 1 N–H and O–H groups in total. The Morgan fingerprint density at radius 2 is 2.18 bits per heavy atom. The maximum absolute atomic E-state index is 12.0. The zero-order chi connectivity index (χ0) is 16.9. The van der Waals surface area contributed by atoms with Crippen molar-refractivity contribution in [3.63, 3.8) is 0 Å². The van der Waals surface area contributed by atoms with E-state index in [-0.39, 0.29) is 11.7 Å². The lowest BCUT2D eigenvalue weighted by Gasteiger charge is -2.29. The lowest BCUT2D eigenvalue weighted by molar-refractivity contribution is 0.0519. The molecular weight excluding hydrogens is 281 g/mol. The molecule has 0 unspecified atom stereocenters. The molecule has 8 heteroatoms. The van der Waals surface area contributed by atoms with Crippen molar-refractivity contribution >= 4 is 25.2 Å². The number of nitriles is 1. The molecule has 0 radical (unpaired) electrons. The fourth-order valence-corrected chi connectivity index (χ4v) is 1.72. The van der Waals surface area contributed by atoms with E-state index in [1.165, 1.54) is 0 Å². The molecule has 1 aromatic rings. The highest BCUT2D eigenvalue weighted by atomic mass is 16.6. The van der Waals surface area contributed by atoms with Crippen LogP contribution in [-0.2, 0) is 4.74 Å². The van der Waals surface area contributed by atoms with Crippen LogP contribution in [-0.4, -0.2) is 36.1 Å². The predicted octanol–water partition coefficient (Wildman–Crippen LogP) is 0.509. The number of rotatable bonds is 4. The van der Waals surface area contributed by atoms with Crippen LogP contribution in [0, 0.1) is 17.2 Å². The van der Waals surface area contributed by atoms with Crippen LogP contribution in [0.15, 0.2) is 6.20 Å². The van der Waals surface area contributed by atoms with E-state index >= 15 is 0 Å². The standard InChI is InChI=1S/C14H22BN5O2/c1-9(2)8-20(19-13(21)22-14(3,4)5)12-10(15)7-17-11(6-16)18-12/h7,9H,8,15H2,1-5H3,(H,19,21). The van der Waals surface area contributed by atoms with Crippen LogP contribution in [0.1, 0.15) is 40.4 Å². The van der Waals surface area contributed by atoms with Gasteiger partial charge in [-0.05, 0) is 32.2 Å². The second-order valence-corrected chi connectivity index (χ2v) is 6.43. The van der Waals surface area contributed by atoms with Gasteiger partial charge in [-0.3, -0.25) is 5.01 Å². The van der Waals surface area contributed by atoms with Gasteiger partial charge in [0, 0.05) is 12.7 Å². The molecule has 22 heavy (non-hydrogen) atoms. The molecule has 7 nitrogen and oxygen atoms in total. The van der Waals surface area contributed by atoms with Crippen molar-refractivity contribution in [2.75, 3.05) is 11.6 Å². The van der Waals surface area contributed by atoms with Crippen molar-refractivity contribution in [3.05, 3.63) is 12.0 Å². The average Bonchev–Trinajstić information content (AvgIpc) is 2.35. The molecule has 0 saturated heterocycles. The topological polar surface area (TPSA) is 91.1 Å². The van der Waals surface area contributed by atoms with Gasteiger partial charge in [0.15, 0.2) is 0 Å². The molecule has 0 bridgehead atoms. The zero-order valence-corrected chi connectivity index (χ0v) is 14.0. The van der Waals surface area contributed by atoms with Crippen molar-refractivity contribution in [1.82, 2.24) is 15.4 Å². The molecule has 0 spiro atoms. The predicted molar refractivity (Wildman–Crippen MR) is 86.5 cm³/mol. The fraction of sp³-hybridized carbons (Fsp3) is 0.571. The largest absolute Gasteiger partial charge is 0.443 e. The third-order valence-corrected chi connectivity index (χ3v) is 2.47. The molecule has 1 rings (SSSR count). The summed E-state index contributed by atoms with van der Waals surface area (Å²) in [5, 5.41) is 10.5. The Bertz CT molecular complexity index is 578. The fourth-order valence-electron chi connectivity index (χ4n) is 1.72. The second kappa shape index (κ2) is 7.12. The number of nitrogens with one attached hydrogen (secondary N) is 1. The summed E-state index contributed by atoms with van der Waals surface area (Å²) in [6.45, 7) is 9.95. The summed E-state index contributed by atoms with van der Waals surface area (Å²) in [7, 11) is 1.82. The Morgan fingerprint density at radius 1 is 1.55 bits per heavy atom. The molecule has 0 aliphatic carbocycles. The molecular formula is C14H22BN5O2. The van der Waals surface area contributed by atoms with E-state index in [4.69, 9.17) is 10.00 Å². The zero-order valence-electron chi connectivity index (χ0n) is 14.0. The van der Waals surface area contributed by atoms with Crippen molar-refractivity contribution < 1.29 is 9.53 Å². The number of nitrogens with zero attached hydrogens (tertiary/aromatic N) is 4. The van der Waals surface area contributed by atoms with Gasteiger partial charge in [-0.1, -0.05) is 13.8 Å². The van der Waals surface area contributed by atoms with Gasteiger partial charge in [-0.25, -0.2) is 20.2 Å². The van der Waals surface area contributed by atoms with Crippen molar-refractivity contribution in [3.8, 4) is 6.07 Å². The summed E-state index contributed by atoms with van der Waals surface area (Å²) in [5.41, 5.74) is 2.85. The van der Waals surface area contributed by atoms with Gasteiger partial charge < -0.3 is 4.74 Å². The van der Waals surface area contributed by atoms with E-state index < -0.39 is 11.7 Å². The van der Waals surface area contributed by atoms with Crippen molar-refractivity contribution in [1.29, 1.82) is 5.26 Å².